The first-order valence-corrected chi connectivity index (χ1v) is 10.8. The summed E-state index contributed by atoms with van der Waals surface area (Å²) in [4.78, 5) is 11.3. The highest BCUT2D eigenvalue weighted by Gasteiger charge is 2.21. The van der Waals surface area contributed by atoms with Gasteiger partial charge in [-0.3, -0.25) is 9.98 Å². The zero-order chi connectivity index (χ0) is 22.1. The summed E-state index contributed by atoms with van der Waals surface area (Å²) in [6.07, 6.45) is 4.84. The van der Waals surface area contributed by atoms with Crippen LogP contribution in [0.25, 0.3) is 0 Å². The van der Waals surface area contributed by atoms with Crippen LogP contribution in [0, 0.1) is 6.92 Å². The smallest absolute Gasteiger partial charge is 0.387 e. The van der Waals surface area contributed by atoms with Crippen molar-refractivity contribution in [2.24, 2.45) is 4.99 Å². The lowest BCUT2D eigenvalue weighted by Gasteiger charge is -2.35. The minimum absolute atomic E-state index is 0.177. The van der Waals surface area contributed by atoms with Gasteiger partial charge in [0.25, 0.3) is 0 Å². The summed E-state index contributed by atoms with van der Waals surface area (Å²) in [5, 5.41) is 6.87. The Morgan fingerprint density at radius 3 is 2.74 bits per heavy atom. The number of aryl methyl sites for hydroxylation is 1. The third-order valence-corrected chi connectivity index (χ3v) is 5.18. The Balaban J connectivity index is 1.55. The van der Waals surface area contributed by atoms with E-state index in [0.29, 0.717) is 6.54 Å². The predicted molar refractivity (Wildman–Crippen MR) is 120 cm³/mol. The van der Waals surface area contributed by atoms with Gasteiger partial charge in [-0.2, -0.15) is 8.78 Å². The standard InChI is InChI=1S/C23H31F2N5O/c1-3-26-23(27-13-12-18-7-6-17(2)28-15-18)29-19-5-4-14-30(16-19)20-8-10-21(11-9-20)31-22(24)25/h6-11,15,19,22H,3-5,12-14,16H2,1-2H3,(H2,26,27,29). The molecule has 1 aromatic carbocycles. The predicted octanol–water partition coefficient (Wildman–Crippen LogP) is 3.76. The molecule has 2 N–H and O–H groups in total. The van der Waals surface area contributed by atoms with E-state index in [1.165, 1.54) is 5.56 Å². The van der Waals surface area contributed by atoms with Gasteiger partial charge < -0.3 is 20.3 Å². The van der Waals surface area contributed by atoms with Crippen molar-refractivity contribution < 1.29 is 13.5 Å². The number of hydrogen-bond donors (Lipinski definition) is 2. The van der Waals surface area contributed by atoms with E-state index < -0.39 is 6.61 Å². The van der Waals surface area contributed by atoms with E-state index in [-0.39, 0.29) is 11.8 Å². The van der Waals surface area contributed by atoms with Gasteiger partial charge in [-0.05, 0) is 69.0 Å². The molecule has 1 aliphatic heterocycles. The molecule has 1 aromatic heterocycles. The van der Waals surface area contributed by atoms with Gasteiger partial charge >= 0.3 is 6.61 Å². The van der Waals surface area contributed by atoms with Gasteiger partial charge in [0.05, 0.1) is 0 Å². The lowest BCUT2D eigenvalue weighted by Crippen LogP contribution is -2.51. The molecule has 2 aromatic rings. The highest BCUT2D eigenvalue weighted by atomic mass is 19.3. The van der Waals surface area contributed by atoms with Gasteiger partial charge in [0.2, 0.25) is 0 Å². The molecule has 1 saturated heterocycles. The Hall–Kier alpha value is -2.90. The van der Waals surface area contributed by atoms with Gasteiger partial charge in [0, 0.05) is 49.8 Å². The number of nitrogens with one attached hydrogen (secondary N) is 2. The fourth-order valence-corrected chi connectivity index (χ4v) is 3.62. The molecule has 0 saturated carbocycles. The Labute approximate surface area is 182 Å². The van der Waals surface area contributed by atoms with Crippen LogP contribution in [-0.2, 0) is 6.42 Å². The third-order valence-electron chi connectivity index (χ3n) is 5.18. The highest BCUT2D eigenvalue weighted by molar-refractivity contribution is 5.80. The van der Waals surface area contributed by atoms with Gasteiger partial charge in [-0.15, -0.1) is 0 Å². The number of nitrogens with zero attached hydrogens (tertiary/aromatic N) is 3. The second-order valence-electron chi connectivity index (χ2n) is 7.62. The number of pyridine rings is 1. The van der Waals surface area contributed by atoms with Crippen molar-refractivity contribution in [2.75, 3.05) is 31.1 Å². The summed E-state index contributed by atoms with van der Waals surface area (Å²) < 4.78 is 29.1. The van der Waals surface area contributed by atoms with Crippen molar-refractivity contribution in [3.05, 3.63) is 53.9 Å². The van der Waals surface area contributed by atoms with Crippen molar-refractivity contribution in [3.8, 4) is 5.75 Å². The summed E-state index contributed by atoms with van der Waals surface area (Å²) in [5.41, 5.74) is 3.19. The summed E-state index contributed by atoms with van der Waals surface area (Å²) >= 11 is 0. The first-order chi connectivity index (χ1) is 15.0. The molecule has 6 nitrogen and oxygen atoms in total. The Morgan fingerprint density at radius 1 is 1.26 bits per heavy atom. The lowest BCUT2D eigenvalue weighted by molar-refractivity contribution is -0.0498. The van der Waals surface area contributed by atoms with Crippen molar-refractivity contribution in [2.45, 2.75) is 45.8 Å². The van der Waals surface area contributed by atoms with Gasteiger partial charge in [-0.1, -0.05) is 6.07 Å². The second-order valence-corrected chi connectivity index (χ2v) is 7.62. The van der Waals surface area contributed by atoms with Crippen molar-refractivity contribution in [1.82, 2.24) is 15.6 Å². The molecule has 3 rings (SSSR count). The van der Waals surface area contributed by atoms with E-state index in [1.54, 1.807) is 12.1 Å². The molecule has 1 unspecified atom stereocenters. The summed E-state index contributed by atoms with van der Waals surface area (Å²) in [7, 11) is 0. The molecule has 0 radical (unpaired) electrons. The van der Waals surface area contributed by atoms with Gasteiger partial charge in [-0.25, -0.2) is 0 Å². The van der Waals surface area contributed by atoms with Crippen molar-refractivity contribution in [3.63, 3.8) is 0 Å². The number of aliphatic imine (C=N–C) groups is 1. The highest BCUT2D eigenvalue weighted by Crippen LogP contribution is 2.23. The van der Waals surface area contributed by atoms with Crippen LogP contribution in [0.2, 0.25) is 0 Å². The van der Waals surface area contributed by atoms with Crippen molar-refractivity contribution in [1.29, 1.82) is 0 Å². The first kappa shape index (κ1) is 22.8. The summed E-state index contributed by atoms with van der Waals surface area (Å²) in [6, 6.07) is 11.2. The quantitative estimate of drug-likeness (QED) is 0.492. The normalized spacial score (nSPS) is 17.0. The molecule has 31 heavy (non-hydrogen) atoms. The topological polar surface area (TPSA) is 61.8 Å². The molecular weight excluding hydrogens is 400 g/mol. The lowest BCUT2D eigenvalue weighted by atomic mass is 10.0. The summed E-state index contributed by atoms with van der Waals surface area (Å²) in [5.74, 6) is 0.992. The molecule has 1 atom stereocenters. The van der Waals surface area contributed by atoms with Crippen LogP contribution in [0.4, 0.5) is 14.5 Å². The Morgan fingerprint density at radius 2 is 2.06 bits per heavy atom. The minimum atomic E-state index is -2.81. The van der Waals surface area contributed by atoms with E-state index in [4.69, 9.17) is 4.99 Å². The number of hydrogen-bond acceptors (Lipinski definition) is 4. The van der Waals surface area contributed by atoms with E-state index in [2.05, 4.69) is 38.2 Å². The number of anilines is 1. The van der Waals surface area contributed by atoms with E-state index in [1.807, 2.05) is 31.3 Å². The molecule has 8 heteroatoms. The molecule has 2 heterocycles. The van der Waals surface area contributed by atoms with Crippen LogP contribution in [0.5, 0.6) is 5.75 Å². The number of halogens is 2. The fraction of sp³-hybridized carbons (Fsp3) is 0.478. The molecule has 0 amide bonds. The van der Waals surface area contributed by atoms with Crippen LogP contribution >= 0.6 is 0 Å². The summed E-state index contributed by atoms with van der Waals surface area (Å²) in [6.45, 7) is 4.45. The van der Waals surface area contributed by atoms with E-state index in [9.17, 15) is 8.78 Å². The molecular formula is C23H31F2N5O. The monoisotopic (exact) mass is 431 g/mol. The maximum atomic E-state index is 12.4. The number of piperidine rings is 1. The largest absolute Gasteiger partial charge is 0.435 e. The fourth-order valence-electron chi connectivity index (χ4n) is 3.62. The van der Waals surface area contributed by atoms with Crippen LogP contribution in [0.15, 0.2) is 47.6 Å². The Bertz CT molecular complexity index is 827. The number of benzene rings is 1. The average molecular weight is 432 g/mol. The number of ether oxygens (including phenoxy) is 1. The SMILES string of the molecule is CCNC(=NCCc1ccc(C)nc1)NC1CCCN(c2ccc(OC(F)F)cc2)C1. The van der Waals surface area contributed by atoms with Crippen LogP contribution < -0.4 is 20.3 Å². The molecule has 0 spiro atoms. The maximum absolute atomic E-state index is 12.4. The minimum Gasteiger partial charge on any atom is -0.435 e. The second kappa shape index (κ2) is 11.5. The zero-order valence-corrected chi connectivity index (χ0v) is 18.2. The van der Waals surface area contributed by atoms with E-state index in [0.717, 1.165) is 56.2 Å². The third kappa shape index (κ3) is 7.38. The van der Waals surface area contributed by atoms with Gasteiger partial charge in [0.15, 0.2) is 5.96 Å². The van der Waals surface area contributed by atoms with Crippen LogP contribution in [-0.4, -0.2) is 49.8 Å². The van der Waals surface area contributed by atoms with Crippen molar-refractivity contribution >= 4 is 11.6 Å². The number of rotatable bonds is 8. The molecule has 1 aliphatic rings. The van der Waals surface area contributed by atoms with Crippen LogP contribution in [0.1, 0.15) is 31.0 Å². The molecule has 0 aliphatic carbocycles. The number of guanidine groups is 1. The average Bonchev–Trinajstić information content (AvgIpc) is 2.75. The number of aromatic nitrogens is 1. The van der Waals surface area contributed by atoms with Gasteiger partial charge in [0.1, 0.15) is 5.75 Å². The Kier molecular flexibility index (Phi) is 8.44. The van der Waals surface area contributed by atoms with E-state index >= 15 is 0 Å². The number of alkyl halides is 2. The maximum Gasteiger partial charge on any atom is 0.387 e. The first-order valence-electron chi connectivity index (χ1n) is 10.8. The van der Waals surface area contributed by atoms with Crippen LogP contribution in [0.3, 0.4) is 0 Å². The molecule has 1 fully saturated rings. The molecule has 0 bridgehead atoms. The molecule has 168 valence electrons. The zero-order valence-electron chi connectivity index (χ0n) is 18.2.